The van der Waals surface area contributed by atoms with Crippen molar-refractivity contribution < 1.29 is 17.9 Å². The number of nitrogens with zero attached hydrogens (tertiary/aromatic N) is 2. The summed E-state index contributed by atoms with van der Waals surface area (Å²) in [4.78, 5) is 17.2. The van der Waals surface area contributed by atoms with Crippen LogP contribution in [0.2, 0.25) is 0 Å². The molecule has 0 atom stereocenters. The van der Waals surface area contributed by atoms with E-state index in [2.05, 4.69) is 4.98 Å². The second kappa shape index (κ2) is 8.12. The van der Waals surface area contributed by atoms with Gasteiger partial charge in [-0.1, -0.05) is 30.3 Å². The first kappa shape index (κ1) is 19.3. The van der Waals surface area contributed by atoms with Gasteiger partial charge in [-0.25, -0.2) is 18.2 Å². The smallest absolute Gasteiger partial charge is 0.350 e. The summed E-state index contributed by atoms with van der Waals surface area (Å²) < 4.78 is 32.3. The zero-order valence-corrected chi connectivity index (χ0v) is 17.4. The number of thiazole rings is 1. The Morgan fingerprint density at radius 1 is 1.11 bits per heavy atom. The van der Waals surface area contributed by atoms with Crippen LogP contribution in [0.5, 0.6) is 0 Å². The zero-order valence-electron chi connectivity index (χ0n) is 14.9. The highest BCUT2D eigenvalue weighted by molar-refractivity contribution is 7.89. The topological polar surface area (TPSA) is 76.6 Å². The van der Waals surface area contributed by atoms with Crippen molar-refractivity contribution in [1.82, 2.24) is 9.29 Å². The molecule has 0 saturated carbocycles. The molecular weight excluding hydrogens is 416 g/mol. The molecule has 0 N–H and O–H groups in total. The van der Waals surface area contributed by atoms with Crippen LogP contribution >= 0.6 is 22.7 Å². The molecule has 2 aromatic heterocycles. The van der Waals surface area contributed by atoms with E-state index in [4.69, 9.17) is 4.74 Å². The lowest BCUT2D eigenvalue weighted by Gasteiger charge is -2.15. The summed E-state index contributed by atoms with van der Waals surface area (Å²) in [5.74, 6) is -0.637. The SMILES string of the molecule is O=C(OCc1csc(-c2ccccc2)n1)c1sccc1S(=O)(=O)N1CCCC1. The summed E-state index contributed by atoms with van der Waals surface area (Å²) >= 11 is 2.56. The summed E-state index contributed by atoms with van der Waals surface area (Å²) in [6, 6.07) is 11.2. The van der Waals surface area contributed by atoms with Crippen molar-refractivity contribution in [2.24, 2.45) is 0 Å². The molecule has 0 spiro atoms. The Morgan fingerprint density at radius 3 is 2.61 bits per heavy atom. The Kier molecular flexibility index (Phi) is 5.58. The lowest BCUT2D eigenvalue weighted by molar-refractivity contribution is 0.0470. The van der Waals surface area contributed by atoms with Crippen molar-refractivity contribution in [2.45, 2.75) is 24.3 Å². The van der Waals surface area contributed by atoms with Gasteiger partial charge in [0.25, 0.3) is 0 Å². The lowest BCUT2D eigenvalue weighted by atomic mass is 10.2. The van der Waals surface area contributed by atoms with E-state index in [1.165, 1.54) is 21.7 Å². The van der Waals surface area contributed by atoms with Gasteiger partial charge < -0.3 is 4.74 Å². The molecular formula is C19H18N2O4S3. The molecule has 1 saturated heterocycles. The summed E-state index contributed by atoms with van der Waals surface area (Å²) in [5, 5.41) is 4.29. The molecule has 1 aliphatic rings. The van der Waals surface area contributed by atoms with E-state index in [-0.39, 0.29) is 16.4 Å². The fraction of sp³-hybridized carbons (Fsp3) is 0.263. The van der Waals surface area contributed by atoms with Gasteiger partial charge in [-0.2, -0.15) is 4.31 Å². The van der Waals surface area contributed by atoms with Gasteiger partial charge in [-0.3, -0.25) is 0 Å². The van der Waals surface area contributed by atoms with Gasteiger partial charge in [-0.05, 0) is 24.3 Å². The summed E-state index contributed by atoms with van der Waals surface area (Å²) in [5.41, 5.74) is 1.64. The number of hydrogen-bond acceptors (Lipinski definition) is 7. The molecule has 9 heteroatoms. The number of hydrogen-bond donors (Lipinski definition) is 0. The summed E-state index contributed by atoms with van der Waals surface area (Å²) in [7, 11) is -3.66. The molecule has 6 nitrogen and oxygen atoms in total. The summed E-state index contributed by atoms with van der Waals surface area (Å²) in [6.45, 7) is 0.991. The van der Waals surface area contributed by atoms with Gasteiger partial charge >= 0.3 is 5.97 Å². The van der Waals surface area contributed by atoms with Crippen LogP contribution in [0, 0.1) is 0 Å². The third kappa shape index (κ3) is 3.88. The number of sulfonamides is 1. The number of thiophene rings is 1. The maximum atomic E-state index is 12.8. The molecule has 1 fully saturated rings. The Bertz CT molecular complexity index is 1070. The van der Waals surface area contributed by atoms with Crippen molar-refractivity contribution >= 4 is 38.7 Å². The number of esters is 1. The molecule has 0 amide bonds. The number of ether oxygens (including phenoxy) is 1. The zero-order chi connectivity index (χ0) is 19.6. The first-order valence-electron chi connectivity index (χ1n) is 8.80. The molecule has 0 aliphatic carbocycles. The highest BCUT2D eigenvalue weighted by Gasteiger charge is 2.32. The van der Waals surface area contributed by atoms with Crippen molar-refractivity contribution in [3.05, 3.63) is 57.7 Å². The number of benzene rings is 1. The van der Waals surface area contributed by atoms with Crippen LogP contribution in [0.1, 0.15) is 28.2 Å². The van der Waals surface area contributed by atoms with Gasteiger partial charge in [0, 0.05) is 24.0 Å². The summed E-state index contributed by atoms with van der Waals surface area (Å²) in [6.07, 6.45) is 1.69. The van der Waals surface area contributed by atoms with E-state index in [9.17, 15) is 13.2 Å². The van der Waals surface area contributed by atoms with Crippen LogP contribution < -0.4 is 0 Å². The number of rotatable bonds is 6. The minimum atomic E-state index is -3.66. The largest absolute Gasteiger partial charge is 0.455 e. The second-order valence-electron chi connectivity index (χ2n) is 6.31. The number of carbonyl (C=O) groups is 1. The molecule has 1 aromatic carbocycles. The number of aromatic nitrogens is 1. The van der Waals surface area contributed by atoms with Gasteiger partial charge in [0.05, 0.1) is 5.69 Å². The van der Waals surface area contributed by atoms with E-state index in [0.717, 1.165) is 34.7 Å². The van der Waals surface area contributed by atoms with E-state index in [0.29, 0.717) is 18.8 Å². The first-order valence-corrected chi connectivity index (χ1v) is 12.0. The van der Waals surface area contributed by atoms with Crippen LogP contribution in [0.4, 0.5) is 0 Å². The van der Waals surface area contributed by atoms with E-state index >= 15 is 0 Å². The minimum absolute atomic E-state index is 0.00324. The predicted molar refractivity (Wildman–Crippen MR) is 109 cm³/mol. The van der Waals surface area contributed by atoms with E-state index in [1.54, 1.807) is 5.38 Å². The average Bonchev–Trinajstić information content (AvgIpc) is 3.48. The Morgan fingerprint density at radius 2 is 1.86 bits per heavy atom. The van der Waals surface area contributed by atoms with Crippen LogP contribution in [-0.4, -0.2) is 36.8 Å². The number of carbonyl (C=O) groups excluding carboxylic acids is 1. The lowest BCUT2D eigenvalue weighted by Crippen LogP contribution is -2.28. The van der Waals surface area contributed by atoms with Gasteiger partial charge in [0.1, 0.15) is 21.4 Å². The van der Waals surface area contributed by atoms with Crippen LogP contribution in [0.3, 0.4) is 0 Å². The molecule has 3 aromatic rings. The van der Waals surface area contributed by atoms with Crippen molar-refractivity contribution in [1.29, 1.82) is 0 Å². The molecule has 0 radical (unpaired) electrons. The Labute approximate surface area is 171 Å². The second-order valence-corrected chi connectivity index (χ2v) is 9.99. The highest BCUT2D eigenvalue weighted by Crippen LogP contribution is 2.29. The molecule has 4 rings (SSSR count). The fourth-order valence-corrected chi connectivity index (χ4v) is 6.62. The van der Waals surface area contributed by atoms with Crippen molar-refractivity contribution in [3.8, 4) is 10.6 Å². The first-order chi connectivity index (χ1) is 13.6. The van der Waals surface area contributed by atoms with Gasteiger partial charge in [-0.15, -0.1) is 22.7 Å². The van der Waals surface area contributed by atoms with E-state index < -0.39 is 16.0 Å². The average molecular weight is 435 g/mol. The fourth-order valence-electron chi connectivity index (χ4n) is 3.01. The maximum Gasteiger partial charge on any atom is 0.350 e. The molecule has 3 heterocycles. The standard InChI is InChI=1S/C19H18N2O4S3/c22-19(17-16(8-11-26-17)28(23,24)21-9-4-5-10-21)25-12-15-13-27-18(20-15)14-6-2-1-3-7-14/h1-3,6-8,11,13H,4-5,9-10,12H2. The van der Waals surface area contributed by atoms with Gasteiger partial charge in [0.2, 0.25) is 10.0 Å². The van der Waals surface area contributed by atoms with Crippen LogP contribution in [0.15, 0.2) is 52.1 Å². The van der Waals surface area contributed by atoms with Crippen molar-refractivity contribution in [3.63, 3.8) is 0 Å². The monoisotopic (exact) mass is 434 g/mol. The van der Waals surface area contributed by atoms with E-state index in [1.807, 2.05) is 35.7 Å². The minimum Gasteiger partial charge on any atom is -0.455 e. The molecule has 0 bridgehead atoms. The predicted octanol–water partition coefficient (Wildman–Crippen LogP) is 4.01. The van der Waals surface area contributed by atoms with Crippen LogP contribution in [-0.2, 0) is 21.4 Å². The molecule has 146 valence electrons. The Balaban J connectivity index is 1.46. The quantitative estimate of drug-likeness (QED) is 0.548. The van der Waals surface area contributed by atoms with Gasteiger partial charge in [0.15, 0.2) is 0 Å². The third-order valence-electron chi connectivity index (χ3n) is 4.42. The molecule has 0 unspecified atom stereocenters. The molecule has 28 heavy (non-hydrogen) atoms. The Hall–Kier alpha value is -2.07. The van der Waals surface area contributed by atoms with Crippen molar-refractivity contribution in [2.75, 3.05) is 13.1 Å². The maximum absolute atomic E-state index is 12.8. The normalized spacial score (nSPS) is 15.0. The highest BCUT2D eigenvalue weighted by atomic mass is 32.2. The van der Waals surface area contributed by atoms with Crippen LogP contribution in [0.25, 0.3) is 10.6 Å². The third-order valence-corrected chi connectivity index (χ3v) is 8.33. The molecule has 1 aliphatic heterocycles.